The number of nitrogens with zero attached hydrogens (tertiary/aromatic N) is 3. The number of benzene rings is 1. The Labute approximate surface area is 151 Å². The highest BCUT2D eigenvalue weighted by atomic mass is 32.1. The molecule has 0 spiro atoms. The van der Waals surface area contributed by atoms with Gasteiger partial charge in [-0.1, -0.05) is 19.1 Å². The maximum absolute atomic E-state index is 12.7. The number of fused-ring (bicyclic) bond motifs is 1. The first-order valence-corrected chi connectivity index (χ1v) is 9.23. The SMILES string of the molecule is CCCN(C[C@@H](O)c1cccnc1)C(=O)Cc1ccc2ncsc2c1. The van der Waals surface area contributed by atoms with Gasteiger partial charge in [0.15, 0.2) is 0 Å². The van der Waals surface area contributed by atoms with Gasteiger partial charge in [0.25, 0.3) is 0 Å². The fourth-order valence-corrected chi connectivity index (χ4v) is 3.51. The van der Waals surface area contributed by atoms with E-state index in [1.807, 2.05) is 36.7 Å². The van der Waals surface area contributed by atoms with Gasteiger partial charge in [0.1, 0.15) is 0 Å². The lowest BCUT2D eigenvalue weighted by Gasteiger charge is -2.25. The standard InChI is InChI=1S/C19H21N3O2S/c1-2-8-22(12-17(23)15-4-3-7-20-11-15)19(24)10-14-5-6-16-18(9-14)25-13-21-16/h3-7,9,11,13,17,23H,2,8,10,12H2,1H3/t17-/m1/s1. The van der Waals surface area contributed by atoms with Gasteiger partial charge in [-0.2, -0.15) is 0 Å². The molecule has 0 unspecified atom stereocenters. The van der Waals surface area contributed by atoms with E-state index < -0.39 is 6.10 Å². The number of hydrogen-bond donors (Lipinski definition) is 1. The van der Waals surface area contributed by atoms with Crippen molar-refractivity contribution in [1.29, 1.82) is 0 Å². The molecule has 0 bridgehead atoms. The number of aliphatic hydroxyl groups excluding tert-OH is 1. The van der Waals surface area contributed by atoms with Crippen molar-refractivity contribution in [2.75, 3.05) is 13.1 Å². The first-order valence-electron chi connectivity index (χ1n) is 8.35. The van der Waals surface area contributed by atoms with Gasteiger partial charge in [-0.25, -0.2) is 4.98 Å². The Balaban J connectivity index is 1.69. The molecular weight excluding hydrogens is 334 g/mol. The molecule has 0 aliphatic carbocycles. The van der Waals surface area contributed by atoms with Crippen LogP contribution in [0.4, 0.5) is 0 Å². The number of carbonyl (C=O) groups is 1. The van der Waals surface area contributed by atoms with Crippen molar-refractivity contribution in [3.63, 3.8) is 0 Å². The summed E-state index contributed by atoms with van der Waals surface area (Å²) in [6.07, 6.45) is 3.75. The van der Waals surface area contributed by atoms with Crippen LogP contribution in [0.15, 0.2) is 48.2 Å². The zero-order valence-corrected chi connectivity index (χ0v) is 14.9. The first-order chi connectivity index (χ1) is 12.2. The zero-order valence-electron chi connectivity index (χ0n) is 14.1. The number of carbonyl (C=O) groups excluding carboxylic acids is 1. The highest BCUT2D eigenvalue weighted by Gasteiger charge is 2.18. The molecule has 3 aromatic rings. The highest BCUT2D eigenvalue weighted by molar-refractivity contribution is 7.16. The quantitative estimate of drug-likeness (QED) is 0.707. The molecule has 2 heterocycles. The third kappa shape index (κ3) is 4.41. The Morgan fingerprint density at radius 2 is 2.24 bits per heavy atom. The molecule has 1 aromatic carbocycles. The molecule has 1 atom stereocenters. The van der Waals surface area contributed by atoms with Crippen LogP contribution in [0, 0.1) is 0 Å². The molecule has 0 aliphatic rings. The second kappa shape index (κ2) is 8.18. The third-order valence-corrected chi connectivity index (χ3v) is 4.85. The number of rotatable bonds is 7. The van der Waals surface area contributed by atoms with Crippen molar-refractivity contribution < 1.29 is 9.90 Å². The molecule has 0 radical (unpaired) electrons. The van der Waals surface area contributed by atoms with Gasteiger partial charge in [-0.05, 0) is 30.2 Å². The largest absolute Gasteiger partial charge is 0.386 e. The van der Waals surface area contributed by atoms with E-state index >= 15 is 0 Å². The summed E-state index contributed by atoms with van der Waals surface area (Å²) in [5.41, 5.74) is 4.46. The summed E-state index contributed by atoms with van der Waals surface area (Å²) in [6, 6.07) is 9.52. The molecule has 0 saturated heterocycles. The number of pyridine rings is 1. The molecule has 6 heteroatoms. The molecule has 5 nitrogen and oxygen atoms in total. The summed E-state index contributed by atoms with van der Waals surface area (Å²) in [6.45, 7) is 2.93. The Bertz CT molecular complexity index is 835. The molecule has 1 amide bonds. The van der Waals surface area contributed by atoms with E-state index in [0.717, 1.165) is 27.8 Å². The Morgan fingerprint density at radius 3 is 3.00 bits per heavy atom. The maximum Gasteiger partial charge on any atom is 0.227 e. The van der Waals surface area contributed by atoms with Crippen LogP contribution in [0.1, 0.15) is 30.6 Å². The van der Waals surface area contributed by atoms with Gasteiger partial charge in [0, 0.05) is 24.5 Å². The van der Waals surface area contributed by atoms with Gasteiger partial charge >= 0.3 is 0 Å². The molecular formula is C19H21N3O2S. The monoisotopic (exact) mass is 355 g/mol. The predicted octanol–water partition coefficient (Wildman–Crippen LogP) is 3.21. The summed E-state index contributed by atoms with van der Waals surface area (Å²) in [4.78, 5) is 22.7. The smallest absolute Gasteiger partial charge is 0.227 e. The molecule has 130 valence electrons. The first kappa shape index (κ1) is 17.5. The molecule has 3 rings (SSSR count). The van der Waals surface area contributed by atoms with Crippen molar-refractivity contribution in [2.45, 2.75) is 25.9 Å². The average Bonchev–Trinajstić information content (AvgIpc) is 3.09. The summed E-state index contributed by atoms with van der Waals surface area (Å²) < 4.78 is 1.09. The van der Waals surface area contributed by atoms with E-state index in [2.05, 4.69) is 9.97 Å². The van der Waals surface area contributed by atoms with Crippen LogP contribution >= 0.6 is 11.3 Å². The second-order valence-electron chi connectivity index (χ2n) is 5.97. The summed E-state index contributed by atoms with van der Waals surface area (Å²) in [7, 11) is 0. The van der Waals surface area contributed by atoms with E-state index in [-0.39, 0.29) is 12.5 Å². The Kier molecular flexibility index (Phi) is 5.73. The molecule has 0 aliphatic heterocycles. The summed E-state index contributed by atoms with van der Waals surface area (Å²) >= 11 is 1.57. The van der Waals surface area contributed by atoms with Gasteiger partial charge < -0.3 is 10.0 Å². The van der Waals surface area contributed by atoms with E-state index in [1.54, 1.807) is 34.7 Å². The van der Waals surface area contributed by atoms with Crippen LogP contribution in [0.5, 0.6) is 0 Å². The lowest BCUT2D eigenvalue weighted by Crippen LogP contribution is -2.36. The highest BCUT2D eigenvalue weighted by Crippen LogP contribution is 2.20. The number of amides is 1. The van der Waals surface area contributed by atoms with E-state index in [1.165, 1.54) is 0 Å². The zero-order chi connectivity index (χ0) is 17.6. The van der Waals surface area contributed by atoms with Crippen molar-refractivity contribution in [3.8, 4) is 0 Å². The molecule has 2 aromatic heterocycles. The summed E-state index contributed by atoms with van der Waals surface area (Å²) in [5, 5.41) is 10.4. The van der Waals surface area contributed by atoms with Crippen LogP contribution in [-0.4, -0.2) is 39.0 Å². The Hall–Kier alpha value is -2.31. The molecule has 25 heavy (non-hydrogen) atoms. The van der Waals surface area contributed by atoms with E-state index in [9.17, 15) is 9.90 Å². The fourth-order valence-electron chi connectivity index (χ4n) is 2.77. The van der Waals surface area contributed by atoms with Crippen LogP contribution in [0.2, 0.25) is 0 Å². The Morgan fingerprint density at radius 1 is 1.36 bits per heavy atom. The average molecular weight is 355 g/mol. The van der Waals surface area contributed by atoms with E-state index in [4.69, 9.17) is 0 Å². The van der Waals surface area contributed by atoms with Crippen LogP contribution < -0.4 is 0 Å². The van der Waals surface area contributed by atoms with Crippen molar-refractivity contribution in [1.82, 2.24) is 14.9 Å². The molecule has 0 saturated carbocycles. The fraction of sp³-hybridized carbons (Fsp3) is 0.316. The molecule has 0 fully saturated rings. The van der Waals surface area contributed by atoms with Crippen molar-refractivity contribution >= 4 is 27.5 Å². The lowest BCUT2D eigenvalue weighted by molar-refractivity contribution is -0.132. The van der Waals surface area contributed by atoms with Gasteiger partial charge in [0.2, 0.25) is 5.91 Å². The molecule has 1 N–H and O–H groups in total. The second-order valence-corrected chi connectivity index (χ2v) is 6.86. The lowest BCUT2D eigenvalue weighted by atomic mass is 10.1. The van der Waals surface area contributed by atoms with Crippen molar-refractivity contribution in [3.05, 3.63) is 59.4 Å². The number of aromatic nitrogens is 2. The minimum absolute atomic E-state index is 0.0219. The van der Waals surface area contributed by atoms with Crippen LogP contribution in [-0.2, 0) is 11.2 Å². The van der Waals surface area contributed by atoms with Gasteiger partial charge in [-0.15, -0.1) is 11.3 Å². The third-order valence-electron chi connectivity index (χ3n) is 4.06. The topological polar surface area (TPSA) is 66.3 Å². The minimum atomic E-state index is -0.729. The number of thiazole rings is 1. The predicted molar refractivity (Wildman–Crippen MR) is 99.4 cm³/mol. The number of hydrogen-bond acceptors (Lipinski definition) is 5. The van der Waals surface area contributed by atoms with Gasteiger partial charge in [-0.3, -0.25) is 9.78 Å². The van der Waals surface area contributed by atoms with Gasteiger partial charge in [0.05, 0.1) is 34.8 Å². The van der Waals surface area contributed by atoms with E-state index in [0.29, 0.717) is 13.0 Å². The maximum atomic E-state index is 12.7. The van der Waals surface area contributed by atoms with Crippen LogP contribution in [0.3, 0.4) is 0 Å². The van der Waals surface area contributed by atoms with Crippen molar-refractivity contribution in [2.24, 2.45) is 0 Å². The van der Waals surface area contributed by atoms with Crippen LogP contribution in [0.25, 0.3) is 10.2 Å². The summed E-state index contributed by atoms with van der Waals surface area (Å²) in [5.74, 6) is 0.0219. The minimum Gasteiger partial charge on any atom is -0.386 e. The number of aliphatic hydroxyl groups is 1. The normalized spacial score (nSPS) is 12.2.